The summed E-state index contributed by atoms with van der Waals surface area (Å²) in [5.41, 5.74) is 5.78. The average molecular weight is 216 g/mol. The topological polar surface area (TPSA) is 0 Å². The summed E-state index contributed by atoms with van der Waals surface area (Å²) in [6.07, 6.45) is 6.90. The van der Waals surface area contributed by atoms with Crippen LogP contribution in [0, 0.1) is 26.7 Å². The molecular formula is C16H24. The van der Waals surface area contributed by atoms with Crippen molar-refractivity contribution in [2.45, 2.75) is 47.5 Å². The molecule has 0 heterocycles. The molecular weight excluding hydrogens is 192 g/mol. The van der Waals surface area contributed by atoms with Gasteiger partial charge >= 0.3 is 0 Å². The molecule has 0 saturated carbocycles. The lowest BCUT2D eigenvalue weighted by molar-refractivity contribution is 0.713. The maximum Gasteiger partial charge on any atom is -0.0213 e. The quantitative estimate of drug-likeness (QED) is 0.637. The van der Waals surface area contributed by atoms with E-state index in [0.29, 0.717) is 5.92 Å². The monoisotopic (exact) mass is 216 g/mol. The fraction of sp³-hybridized carbons (Fsp3) is 0.500. The molecule has 0 saturated heterocycles. The third kappa shape index (κ3) is 3.52. The van der Waals surface area contributed by atoms with Crippen LogP contribution >= 0.6 is 0 Å². The predicted octanol–water partition coefficient (Wildman–Crippen LogP) is 4.76. The first-order valence-electron chi connectivity index (χ1n) is 6.28. The van der Waals surface area contributed by atoms with Crippen molar-refractivity contribution in [2.24, 2.45) is 5.92 Å². The Morgan fingerprint density at radius 3 is 2.19 bits per heavy atom. The van der Waals surface area contributed by atoms with E-state index >= 15 is 0 Å². The van der Waals surface area contributed by atoms with Gasteiger partial charge in [-0.2, -0.15) is 0 Å². The molecule has 0 aliphatic heterocycles. The molecule has 16 heavy (non-hydrogen) atoms. The van der Waals surface area contributed by atoms with E-state index in [0.717, 1.165) is 12.8 Å². The first-order chi connectivity index (χ1) is 7.54. The fourth-order valence-electron chi connectivity index (χ4n) is 2.29. The van der Waals surface area contributed by atoms with Crippen molar-refractivity contribution < 1.29 is 0 Å². The predicted molar refractivity (Wildman–Crippen MR) is 73.0 cm³/mol. The normalized spacial score (nSPS) is 13.3. The van der Waals surface area contributed by atoms with E-state index in [4.69, 9.17) is 0 Å². The smallest absolute Gasteiger partial charge is 0.0213 e. The molecule has 1 unspecified atom stereocenters. The Bertz CT molecular complexity index is 349. The van der Waals surface area contributed by atoms with Gasteiger partial charge in [0.05, 0.1) is 0 Å². The van der Waals surface area contributed by atoms with Crippen LogP contribution < -0.4 is 0 Å². The Hall–Kier alpha value is -1.04. The van der Waals surface area contributed by atoms with Gasteiger partial charge in [0.2, 0.25) is 0 Å². The van der Waals surface area contributed by atoms with Crippen LogP contribution in [0.1, 0.15) is 42.5 Å². The summed E-state index contributed by atoms with van der Waals surface area (Å²) < 4.78 is 0. The minimum Gasteiger partial charge on any atom is -0.0885 e. The summed E-state index contributed by atoms with van der Waals surface area (Å²) in [7, 11) is 0. The SMILES string of the molecule is CC/C=C\C(C)Cc1c(C)cc(C)cc1C. The van der Waals surface area contributed by atoms with E-state index in [9.17, 15) is 0 Å². The van der Waals surface area contributed by atoms with Gasteiger partial charge < -0.3 is 0 Å². The Labute approximate surface area is 100 Å². The number of hydrogen-bond acceptors (Lipinski definition) is 0. The van der Waals surface area contributed by atoms with Gasteiger partial charge in [0, 0.05) is 0 Å². The van der Waals surface area contributed by atoms with Crippen molar-refractivity contribution in [3.05, 3.63) is 46.5 Å². The maximum atomic E-state index is 2.33. The highest BCUT2D eigenvalue weighted by Gasteiger charge is 2.06. The summed E-state index contributed by atoms with van der Waals surface area (Å²) in [5.74, 6) is 0.639. The third-order valence-corrected chi connectivity index (χ3v) is 3.07. The van der Waals surface area contributed by atoms with Gasteiger partial charge in [0.1, 0.15) is 0 Å². The van der Waals surface area contributed by atoms with Crippen molar-refractivity contribution in [1.29, 1.82) is 0 Å². The van der Waals surface area contributed by atoms with Crippen LogP contribution in [0.4, 0.5) is 0 Å². The lowest BCUT2D eigenvalue weighted by Crippen LogP contribution is -2.01. The van der Waals surface area contributed by atoms with Gasteiger partial charge in [-0.15, -0.1) is 0 Å². The molecule has 0 N–H and O–H groups in total. The summed E-state index contributed by atoms with van der Waals surface area (Å²) in [4.78, 5) is 0. The molecule has 0 aliphatic rings. The van der Waals surface area contributed by atoms with Crippen molar-refractivity contribution in [3.8, 4) is 0 Å². The summed E-state index contributed by atoms with van der Waals surface area (Å²) >= 11 is 0. The van der Waals surface area contributed by atoms with Gasteiger partial charge in [-0.25, -0.2) is 0 Å². The summed E-state index contributed by atoms with van der Waals surface area (Å²) in [6, 6.07) is 4.58. The molecule has 0 spiro atoms. The third-order valence-electron chi connectivity index (χ3n) is 3.07. The molecule has 1 aromatic rings. The van der Waals surface area contributed by atoms with Crippen LogP contribution in [-0.2, 0) is 6.42 Å². The molecule has 1 aromatic carbocycles. The Morgan fingerprint density at radius 2 is 1.69 bits per heavy atom. The van der Waals surface area contributed by atoms with Crippen LogP contribution in [-0.4, -0.2) is 0 Å². The standard InChI is InChI=1S/C16H24/c1-6-7-8-12(2)11-16-14(4)9-13(3)10-15(16)5/h7-10,12H,6,11H2,1-5H3/b8-7-. The van der Waals surface area contributed by atoms with Crippen molar-refractivity contribution in [2.75, 3.05) is 0 Å². The Balaban J connectivity index is 2.85. The summed E-state index contributed by atoms with van der Waals surface area (Å²) in [5, 5.41) is 0. The highest BCUT2D eigenvalue weighted by atomic mass is 14.1. The lowest BCUT2D eigenvalue weighted by Gasteiger charge is -2.14. The lowest BCUT2D eigenvalue weighted by atomic mass is 9.92. The maximum absolute atomic E-state index is 2.33. The zero-order valence-electron chi connectivity index (χ0n) is 11.3. The molecule has 1 atom stereocenters. The van der Waals surface area contributed by atoms with Crippen LogP contribution in [0.15, 0.2) is 24.3 Å². The highest BCUT2D eigenvalue weighted by Crippen LogP contribution is 2.20. The van der Waals surface area contributed by atoms with Crippen molar-refractivity contribution in [1.82, 2.24) is 0 Å². The van der Waals surface area contributed by atoms with E-state index < -0.39 is 0 Å². The molecule has 0 heteroatoms. The van der Waals surface area contributed by atoms with Crippen LogP contribution in [0.25, 0.3) is 0 Å². The zero-order chi connectivity index (χ0) is 12.1. The first-order valence-corrected chi connectivity index (χ1v) is 6.28. The van der Waals surface area contributed by atoms with Crippen LogP contribution in [0.3, 0.4) is 0 Å². The Morgan fingerprint density at radius 1 is 1.12 bits per heavy atom. The minimum absolute atomic E-state index is 0.639. The van der Waals surface area contributed by atoms with Crippen LogP contribution in [0.2, 0.25) is 0 Å². The number of allylic oxidation sites excluding steroid dienone is 2. The molecule has 0 fully saturated rings. The van der Waals surface area contributed by atoms with Gasteiger partial charge in [0.15, 0.2) is 0 Å². The number of benzene rings is 1. The summed E-state index contributed by atoms with van der Waals surface area (Å²) in [6.45, 7) is 11.1. The van der Waals surface area contributed by atoms with E-state index in [1.54, 1.807) is 0 Å². The van der Waals surface area contributed by atoms with Gasteiger partial charge in [0.25, 0.3) is 0 Å². The zero-order valence-corrected chi connectivity index (χ0v) is 11.3. The molecule has 0 bridgehead atoms. The molecule has 1 rings (SSSR count). The number of aryl methyl sites for hydroxylation is 3. The fourth-order valence-corrected chi connectivity index (χ4v) is 2.29. The molecule has 0 amide bonds. The molecule has 88 valence electrons. The van der Waals surface area contributed by atoms with Gasteiger partial charge in [-0.1, -0.05) is 43.7 Å². The highest BCUT2D eigenvalue weighted by molar-refractivity contribution is 5.37. The Kier molecular flexibility index (Phi) is 4.79. The van der Waals surface area contributed by atoms with E-state index in [1.807, 2.05) is 0 Å². The molecule has 0 radical (unpaired) electrons. The first kappa shape index (κ1) is 13.0. The van der Waals surface area contributed by atoms with E-state index in [1.165, 1.54) is 22.3 Å². The molecule has 0 aliphatic carbocycles. The largest absolute Gasteiger partial charge is 0.0885 e. The van der Waals surface area contributed by atoms with Gasteiger partial charge in [-0.3, -0.25) is 0 Å². The second kappa shape index (κ2) is 5.89. The van der Waals surface area contributed by atoms with Crippen molar-refractivity contribution in [3.63, 3.8) is 0 Å². The number of rotatable bonds is 4. The second-order valence-corrected chi connectivity index (χ2v) is 4.90. The van der Waals surface area contributed by atoms with Crippen molar-refractivity contribution >= 4 is 0 Å². The number of hydrogen-bond donors (Lipinski definition) is 0. The second-order valence-electron chi connectivity index (χ2n) is 4.90. The van der Waals surface area contributed by atoms with E-state index in [2.05, 4.69) is 58.9 Å². The molecule has 0 nitrogen and oxygen atoms in total. The minimum atomic E-state index is 0.639. The van der Waals surface area contributed by atoms with E-state index in [-0.39, 0.29) is 0 Å². The van der Waals surface area contributed by atoms with Gasteiger partial charge in [-0.05, 0) is 56.2 Å². The average Bonchev–Trinajstić information content (AvgIpc) is 2.20. The molecule has 0 aromatic heterocycles. The van der Waals surface area contributed by atoms with Crippen LogP contribution in [0.5, 0.6) is 0 Å².